The first-order valence-electron chi connectivity index (χ1n) is 6.49. The zero-order valence-corrected chi connectivity index (χ0v) is 13.2. The zero-order valence-electron chi connectivity index (χ0n) is 12.4. The van der Waals surface area contributed by atoms with Crippen LogP contribution < -0.4 is 5.32 Å². The minimum absolute atomic E-state index is 0.0514. The van der Waals surface area contributed by atoms with Crippen molar-refractivity contribution in [1.82, 2.24) is 10.2 Å². The second-order valence-corrected chi connectivity index (χ2v) is 7.38. The lowest BCUT2D eigenvalue weighted by Gasteiger charge is -2.21. The van der Waals surface area contributed by atoms with Crippen LogP contribution in [0.4, 0.5) is 0 Å². The summed E-state index contributed by atoms with van der Waals surface area (Å²) in [5, 5.41) is 3.01. The third kappa shape index (κ3) is 4.66. The molecule has 0 radical (unpaired) electrons. The van der Waals surface area contributed by atoms with Crippen LogP contribution in [0, 0.1) is 11.8 Å². The molecule has 0 spiro atoms. The maximum Gasteiger partial charge on any atom is 0.310 e. The SMILES string of the molecule is CN=C(NCCS(C)(=O)=O)N1CC(C)C(C(=O)OC)C1. The van der Waals surface area contributed by atoms with Crippen molar-refractivity contribution in [3.63, 3.8) is 0 Å². The molecule has 1 heterocycles. The normalized spacial score (nSPS) is 23.8. The molecule has 1 rings (SSSR count). The lowest BCUT2D eigenvalue weighted by Crippen LogP contribution is -2.42. The molecule has 0 aromatic heterocycles. The summed E-state index contributed by atoms with van der Waals surface area (Å²) >= 11 is 0. The van der Waals surface area contributed by atoms with E-state index in [-0.39, 0.29) is 23.6 Å². The van der Waals surface area contributed by atoms with E-state index in [1.54, 1.807) is 7.05 Å². The van der Waals surface area contributed by atoms with Crippen molar-refractivity contribution in [3.05, 3.63) is 0 Å². The Hall–Kier alpha value is -1.31. The lowest BCUT2D eigenvalue weighted by atomic mass is 9.99. The smallest absolute Gasteiger partial charge is 0.310 e. The molecule has 2 unspecified atom stereocenters. The van der Waals surface area contributed by atoms with Gasteiger partial charge in [-0.1, -0.05) is 6.92 Å². The van der Waals surface area contributed by atoms with Gasteiger partial charge in [-0.15, -0.1) is 0 Å². The number of ether oxygens (including phenoxy) is 1. The van der Waals surface area contributed by atoms with Crippen LogP contribution in [-0.4, -0.2) is 71.0 Å². The Labute approximate surface area is 120 Å². The highest BCUT2D eigenvalue weighted by molar-refractivity contribution is 7.90. The number of nitrogens with zero attached hydrogens (tertiary/aromatic N) is 2. The molecule has 1 saturated heterocycles. The van der Waals surface area contributed by atoms with E-state index >= 15 is 0 Å². The number of carbonyl (C=O) groups is 1. The topological polar surface area (TPSA) is 88.1 Å². The van der Waals surface area contributed by atoms with Crippen LogP contribution in [0.1, 0.15) is 6.92 Å². The Kier molecular flexibility index (Phi) is 5.79. The fourth-order valence-electron chi connectivity index (χ4n) is 2.28. The fourth-order valence-corrected chi connectivity index (χ4v) is 2.75. The van der Waals surface area contributed by atoms with E-state index in [4.69, 9.17) is 4.74 Å². The number of rotatable bonds is 4. The second kappa shape index (κ2) is 6.92. The monoisotopic (exact) mass is 305 g/mol. The molecule has 8 heteroatoms. The Morgan fingerprint density at radius 2 is 2.10 bits per heavy atom. The molecule has 116 valence electrons. The highest BCUT2D eigenvalue weighted by atomic mass is 32.2. The van der Waals surface area contributed by atoms with Gasteiger partial charge in [0.05, 0.1) is 18.8 Å². The number of esters is 1. The molecular weight excluding hydrogens is 282 g/mol. The van der Waals surface area contributed by atoms with Crippen LogP contribution in [0.15, 0.2) is 4.99 Å². The fraction of sp³-hybridized carbons (Fsp3) is 0.833. The van der Waals surface area contributed by atoms with E-state index in [0.29, 0.717) is 25.6 Å². The molecule has 20 heavy (non-hydrogen) atoms. The maximum atomic E-state index is 11.6. The number of hydrogen-bond acceptors (Lipinski definition) is 5. The molecule has 0 aliphatic carbocycles. The summed E-state index contributed by atoms with van der Waals surface area (Å²) in [6.07, 6.45) is 1.20. The van der Waals surface area contributed by atoms with Crippen molar-refractivity contribution < 1.29 is 17.9 Å². The number of likely N-dealkylation sites (tertiary alicyclic amines) is 1. The second-order valence-electron chi connectivity index (χ2n) is 5.12. The van der Waals surface area contributed by atoms with Gasteiger partial charge >= 0.3 is 5.97 Å². The minimum Gasteiger partial charge on any atom is -0.469 e. The van der Waals surface area contributed by atoms with E-state index in [1.807, 2.05) is 11.8 Å². The molecule has 7 nitrogen and oxygen atoms in total. The largest absolute Gasteiger partial charge is 0.469 e. The van der Waals surface area contributed by atoms with E-state index in [1.165, 1.54) is 13.4 Å². The summed E-state index contributed by atoms with van der Waals surface area (Å²) in [4.78, 5) is 17.7. The van der Waals surface area contributed by atoms with Crippen LogP contribution in [0.25, 0.3) is 0 Å². The molecule has 0 aromatic carbocycles. The van der Waals surface area contributed by atoms with Crippen LogP contribution >= 0.6 is 0 Å². The Morgan fingerprint density at radius 3 is 2.60 bits per heavy atom. The van der Waals surface area contributed by atoms with Crippen LogP contribution in [-0.2, 0) is 19.4 Å². The van der Waals surface area contributed by atoms with E-state index in [0.717, 1.165) is 0 Å². The molecule has 1 N–H and O–H groups in total. The lowest BCUT2D eigenvalue weighted by molar-refractivity contribution is -0.145. The number of carbonyl (C=O) groups excluding carboxylic acids is 1. The molecule has 0 bridgehead atoms. The summed E-state index contributed by atoms with van der Waals surface area (Å²) in [6, 6.07) is 0. The zero-order chi connectivity index (χ0) is 15.3. The van der Waals surface area contributed by atoms with Crippen molar-refractivity contribution >= 4 is 21.8 Å². The van der Waals surface area contributed by atoms with Crippen molar-refractivity contribution in [2.24, 2.45) is 16.8 Å². The Morgan fingerprint density at radius 1 is 1.45 bits per heavy atom. The molecular formula is C12H23N3O4S. The van der Waals surface area contributed by atoms with Gasteiger partial charge in [0.15, 0.2) is 5.96 Å². The van der Waals surface area contributed by atoms with Crippen LogP contribution in [0.5, 0.6) is 0 Å². The quantitative estimate of drug-likeness (QED) is 0.422. The highest BCUT2D eigenvalue weighted by Crippen LogP contribution is 2.23. The third-order valence-electron chi connectivity index (χ3n) is 3.38. The van der Waals surface area contributed by atoms with E-state index in [2.05, 4.69) is 10.3 Å². The average molecular weight is 305 g/mol. The van der Waals surface area contributed by atoms with E-state index in [9.17, 15) is 13.2 Å². The predicted octanol–water partition coefficient (Wildman–Crippen LogP) is -0.653. The number of nitrogens with one attached hydrogen (secondary N) is 1. The van der Waals surface area contributed by atoms with Crippen molar-refractivity contribution in [1.29, 1.82) is 0 Å². The molecule has 1 aliphatic rings. The molecule has 0 amide bonds. The number of sulfone groups is 1. The Bertz CT molecular complexity index is 475. The maximum absolute atomic E-state index is 11.6. The number of methoxy groups -OCH3 is 1. The van der Waals surface area contributed by atoms with Gasteiger partial charge in [0, 0.05) is 32.9 Å². The molecule has 0 saturated carbocycles. The van der Waals surface area contributed by atoms with Crippen molar-refractivity contribution in [2.75, 3.05) is 45.8 Å². The van der Waals surface area contributed by atoms with Crippen LogP contribution in [0.3, 0.4) is 0 Å². The van der Waals surface area contributed by atoms with Crippen molar-refractivity contribution in [3.8, 4) is 0 Å². The minimum atomic E-state index is -3.00. The molecule has 2 atom stereocenters. The van der Waals surface area contributed by atoms with Gasteiger partial charge in [-0.25, -0.2) is 8.42 Å². The standard InChI is InChI=1S/C12H23N3O4S/c1-9-7-15(8-10(9)11(16)19-3)12(13-2)14-5-6-20(4,17)18/h9-10H,5-8H2,1-4H3,(H,13,14). The third-order valence-corrected chi connectivity index (χ3v) is 4.33. The molecule has 0 aromatic rings. The van der Waals surface area contributed by atoms with Gasteiger partial charge in [-0.3, -0.25) is 9.79 Å². The highest BCUT2D eigenvalue weighted by Gasteiger charge is 2.36. The van der Waals surface area contributed by atoms with Crippen LogP contribution in [0.2, 0.25) is 0 Å². The predicted molar refractivity (Wildman–Crippen MR) is 77.3 cm³/mol. The first kappa shape index (κ1) is 16.7. The van der Waals surface area contributed by atoms with Gasteiger partial charge in [0.25, 0.3) is 0 Å². The van der Waals surface area contributed by atoms with Gasteiger partial charge in [0.1, 0.15) is 9.84 Å². The number of hydrogen-bond donors (Lipinski definition) is 1. The van der Waals surface area contributed by atoms with Gasteiger partial charge in [-0.05, 0) is 5.92 Å². The summed E-state index contributed by atoms with van der Waals surface area (Å²) in [5.74, 6) is 0.457. The van der Waals surface area contributed by atoms with Crippen molar-refractivity contribution in [2.45, 2.75) is 6.92 Å². The number of aliphatic imine (C=N–C) groups is 1. The number of guanidine groups is 1. The summed E-state index contributed by atoms with van der Waals surface area (Å²) in [7, 11) is 0.0230. The van der Waals surface area contributed by atoms with E-state index < -0.39 is 9.84 Å². The average Bonchev–Trinajstić information content (AvgIpc) is 2.74. The first-order chi connectivity index (χ1) is 9.28. The molecule has 1 fully saturated rings. The van der Waals surface area contributed by atoms with Gasteiger partial charge < -0.3 is 15.0 Å². The summed E-state index contributed by atoms with van der Waals surface area (Å²) < 4.78 is 27.0. The van der Waals surface area contributed by atoms with Gasteiger partial charge in [-0.2, -0.15) is 0 Å². The van der Waals surface area contributed by atoms with Gasteiger partial charge in [0.2, 0.25) is 0 Å². The Balaban J connectivity index is 2.58. The molecule has 1 aliphatic heterocycles. The summed E-state index contributed by atoms with van der Waals surface area (Å²) in [5.41, 5.74) is 0. The first-order valence-corrected chi connectivity index (χ1v) is 8.55. The summed E-state index contributed by atoms with van der Waals surface area (Å²) in [6.45, 7) is 3.52.